The number of hydrogen-bond donors (Lipinski definition) is 1. The smallest absolute Gasteiger partial charge is 0.160 e. The third-order valence-corrected chi connectivity index (χ3v) is 3.85. The molecule has 1 aromatic heterocycles. The molecule has 2 aromatic rings. The SMILES string of the molecule is CCNC(c1cccs1)c1cc(F)c(F)cc1Cl. The molecule has 0 aliphatic heterocycles. The molecule has 1 heterocycles. The molecule has 0 aliphatic carbocycles. The molecule has 0 saturated carbocycles. The van der Waals surface area contributed by atoms with Crippen LogP contribution in [-0.4, -0.2) is 6.54 Å². The molecule has 2 rings (SSSR count). The maximum absolute atomic E-state index is 13.3. The van der Waals surface area contributed by atoms with Crippen LogP contribution in [0.15, 0.2) is 29.6 Å². The van der Waals surface area contributed by atoms with E-state index in [1.54, 1.807) is 11.3 Å². The van der Waals surface area contributed by atoms with Gasteiger partial charge in [0, 0.05) is 9.90 Å². The molecule has 1 aromatic carbocycles. The van der Waals surface area contributed by atoms with E-state index in [2.05, 4.69) is 5.32 Å². The number of nitrogens with one attached hydrogen (secondary N) is 1. The highest BCUT2D eigenvalue weighted by Crippen LogP contribution is 2.32. The Morgan fingerprint density at radius 3 is 2.67 bits per heavy atom. The normalized spacial score (nSPS) is 12.7. The Morgan fingerprint density at radius 2 is 2.06 bits per heavy atom. The zero-order valence-corrected chi connectivity index (χ0v) is 11.3. The van der Waals surface area contributed by atoms with Crippen LogP contribution in [0.4, 0.5) is 8.78 Å². The first-order valence-electron chi connectivity index (χ1n) is 5.54. The van der Waals surface area contributed by atoms with Crippen molar-refractivity contribution < 1.29 is 8.78 Å². The van der Waals surface area contributed by atoms with Crippen LogP contribution in [0, 0.1) is 11.6 Å². The van der Waals surface area contributed by atoms with Gasteiger partial charge in [0.25, 0.3) is 0 Å². The molecule has 0 bridgehead atoms. The Morgan fingerprint density at radius 1 is 1.33 bits per heavy atom. The third kappa shape index (κ3) is 2.71. The number of benzene rings is 1. The van der Waals surface area contributed by atoms with Crippen LogP contribution in [-0.2, 0) is 0 Å². The van der Waals surface area contributed by atoms with E-state index < -0.39 is 11.6 Å². The summed E-state index contributed by atoms with van der Waals surface area (Å²) in [6, 6.07) is 5.82. The van der Waals surface area contributed by atoms with E-state index in [9.17, 15) is 8.78 Å². The standard InChI is InChI=1S/C13H12ClF2NS/c1-2-17-13(12-4-3-5-18-12)8-6-10(15)11(16)7-9(8)14/h3-7,13,17H,2H2,1H3. The second-order valence-electron chi connectivity index (χ2n) is 3.79. The molecular weight excluding hydrogens is 276 g/mol. The lowest BCUT2D eigenvalue weighted by Crippen LogP contribution is -2.21. The molecule has 96 valence electrons. The summed E-state index contributed by atoms with van der Waals surface area (Å²) in [7, 11) is 0. The fourth-order valence-electron chi connectivity index (χ4n) is 1.78. The molecule has 1 N–H and O–H groups in total. The lowest BCUT2D eigenvalue weighted by molar-refractivity contribution is 0.504. The summed E-state index contributed by atoms with van der Waals surface area (Å²) in [6.07, 6.45) is 0. The van der Waals surface area contributed by atoms with Gasteiger partial charge in [-0.3, -0.25) is 0 Å². The number of thiophene rings is 1. The van der Waals surface area contributed by atoms with Gasteiger partial charge in [-0.15, -0.1) is 11.3 Å². The minimum atomic E-state index is -0.926. The Hall–Kier alpha value is -0.970. The average Bonchev–Trinajstić information content (AvgIpc) is 2.85. The van der Waals surface area contributed by atoms with Crippen molar-refractivity contribution >= 4 is 22.9 Å². The second kappa shape index (κ2) is 5.78. The maximum atomic E-state index is 13.3. The van der Waals surface area contributed by atoms with Gasteiger partial charge in [0.1, 0.15) is 0 Å². The van der Waals surface area contributed by atoms with Gasteiger partial charge < -0.3 is 5.32 Å². The van der Waals surface area contributed by atoms with Crippen LogP contribution >= 0.6 is 22.9 Å². The predicted octanol–water partition coefficient (Wildman–Crippen LogP) is 4.38. The molecule has 0 aliphatic rings. The van der Waals surface area contributed by atoms with E-state index in [-0.39, 0.29) is 11.1 Å². The van der Waals surface area contributed by atoms with Gasteiger partial charge in [0.2, 0.25) is 0 Å². The van der Waals surface area contributed by atoms with Gasteiger partial charge in [-0.2, -0.15) is 0 Å². The quantitative estimate of drug-likeness (QED) is 0.823. The van der Waals surface area contributed by atoms with Crippen LogP contribution in [0.3, 0.4) is 0 Å². The first-order valence-corrected chi connectivity index (χ1v) is 6.80. The van der Waals surface area contributed by atoms with Gasteiger partial charge in [-0.25, -0.2) is 8.78 Å². The molecule has 0 fully saturated rings. The topological polar surface area (TPSA) is 12.0 Å². The number of rotatable bonds is 4. The monoisotopic (exact) mass is 287 g/mol. The largest absolute Gasteiger partial charge is 0.306 e. The van der Waals surface area contributed by atoms with Crippen molar-refractivity contribution in [2.75, 3.05) is 6.54 Å². The molecule has 0 saturated heterocycles. The van der Waals surface area contributed by atoms with Gasteiger partial charge in [-0.1, -0.05) is 24.6 Å². The van der Waals surface area contributed by atoms with Crippen molar-refractivity contribution in [1.29, 1.82) is 0 Å². The first-order chi connectivity index (χ1) is 8.63. The lowest BCUT2D eigenvalue weighted by atomic mass is 10.0. The maximum Gasteiger partial charge on any atom is 0.160 e. The van der Waals surface area contributed by atoms with Crippen molar-refractivity contribution in [2.24, 2.45) is 0 Å². The van der Waals surface area contributed by atoms with Gasteiger partial charge in [0.15, 0.2) is 11.6 Å². The molecule has 1 atom stereocenters. The summed E-state index contributed by atoms with van der Waals surface area (Å²) in [6.45, 7) is 2.66. The third-order valence-electron chi connectivity index (χ3n) is 2.59. The highest BCUT2D eigenvalue weighted by atomic mass is 35.5. The molecule has 0 amide bonds. The summed E-state index contributed by atoms with van der Waals surface area (Å²) in [5.41, 5.74) is 0.555. The van der Waals surface area contributed by atoms with E-state index in [4.69, 9.17) is 11.6 Å². The first kappa shape index (κ1) is 13.5. The Bertz CT molecular complexity index is 528. The van der Waals surface area contributed by atoms with E-state index in [0.717, 1.165) is 17.0 Å². The minimum Gasteiger partial charge on any atom is -0.306 e. The van der Waals surface area contributed by atoms with E-state index in [0.29, 0.717) is 12.1 Å². The van der Waals surface area contributed by atoms with Crippen molar-refractivity contribution in [3.05, 3.63) is 56.7 Å². The summed E-state index contributed by atoms with van der Waals surface area (Å²) >= 11 is 7.55. The van der Waals surface area contributed by atoms with Crippen LogP contribution < -0.4 is 5.32 Å². The second-order valence-corrected chi connectivity index (χ2v) is 5.18. The summed E-state index contributed by atoms with van der Waals surface area (Å²) in [5, 5.41) is 5.39. The molecule has 1 nitrogen and oxygen atoms in total. The van der Waals surface area contributed by atoms with Crippen molar-refractivity contribution in [2.45, 2.75) is 13.0 Å². The van der Waals surface area contributed by atoms with Gasteiger partial charge in [0.05, 0.1) is 6.04 Å². The lowest BCUT2D eigenvalue weighted by Gasteiger charge is -2.18. The zero-order chi connectivity index (χ0) is 13.1. The molecule has 18 heavy (non-hydrogen) atoms. The van der Waals surface area contributed by atoms with Crippen LogP contribution in [0.25, 0.3) is 0 Å². The van der Waals surface area contributed by atoms with Crippen LogP contribution in [0.2, 0.25) is 5.02 Å². The Kier molecular flexibility index (Phi) is 4.32. The molecule has 5 heteroatoms. The van der Waals surface area contributed by atoms with Gasteiger partial charge >= 0.3 is 0 Å². The van der Waals surface area contributed by atoms with Gasteiger partial charge in [-0.05, 0) is 35.7 Å². The fraction of sp³-hybridized carbons (Fsp3) is 0.231. The van der Waals surface area contributed by atoms with E-state index in [1.165, 1.54) is 0 Å². The van der Waals surface area contributed by atoms with E-state index in [1.807, 2.05) is 24.4 Å². The Balaban J connectivity index is 2.46. The molecule has 0 radical (unpaired) electrons. The van der Waals surface area contributed by atoms with Crippen molar-refractivity contribution in [3.63, 3.8) is 0 Å². The van der Waals surface area contributed by atoms with Crippen LogP contribution in [0.1, 0.15) is 23.4 Å². The summed E-state index contributed by atoms with van der Waals surface area (Å²) < 4.78 is 26.4. The zero-order valence-electron chi connectivity index (χ0n) is 9.71. The molecular formula is C13H12ClF2NS. The summed E-state index contributed by atoms with van der Waals surface area (Å²) in [4.78, 5) is 1.02. The summed E-state index contributed by atoms with van der Waals surface area (Å²) in [5.74, 6) is -1.81. The number of hydrogen-bond acceptors (Lipinski definition) is 2. The van der Waals surface area contributed by atoms with Crippen LogP contribution in [0.5, 0.6) is 0 Å². The molecule has 0 spiro atoms. The van der Waals surface area contributed by atoms with Crippen molar-refractivity contribution in [1.82, 2.24) is 5.32 Å². The molecule has 1 unspecified atom stereocenters. The predicted molar refractivity (Wildman–Crippen MR) is 71.2 cm³/mol. The number of halogens is 3. The van der Waals surface area contributed by atoms with Crippen molar-refractivity contribution in [3.8, 4) is 0 Å². The Labute approximate surface area is 113 Å². The highest BCUT2D eigenvalue weighted by molar-refractivity contribution is 7.10. The minimum absolute atomic E-state index is 0.211. The fourth-order valence-corrected chi connectivity index (χ4v) is 2.86. The van der Waals surface area contributed by atoms with E-state index >= 15 is 0 Å². The highest BCUT2D eigenvalue weighted by Gasteiger charge is 2.19. The average molecular weight is 288 g/mol.